The van der Waals surface area contributed by atoms with Crippen molar-refractivity contribution in [3.05, 3.63) is 38.3 Å². The lowest BCUT2D eigenvalue weighted by molar-refractivity contribution is 0.656. The molecule has 0 saturated carbocycles. The van der Waals surface area contributed by atoms with Crippen molar-refractivity contribution >= 4 is 11.3 Å². The van der Waals surface area contributed by atoms with Gasteiger partial charge in [0.1, 0.15) is 0 Å². The molecule has 2 rings (SSSR count). The van der Waals surface area contributed by atoms with Gasteiger partial charge < -0.3 is 5.32 Å². The van der Waals surface area contributed by atoms with Crippen LogP contribution in [0.4, 0.5) is 0 Å². The quantitative estimate of drug-likeness (QED) is 0.822. The van der Waals surface area contributed by atoms with Gasteiger partial charge in [0.05, 0.1) is 12.2 Å². The molecule has 0 fully saturated rings. The maximum Gasteiger partial charge on any atom is 0.0673 e. The lowest BCUT2D eigenvalue weighted by atomic mass is 10.2. The van der Waals surface area contributed by atoms with Gasteiger partial charge in [-0.05, 0) is 57.9 Å². The van der Waals surface area contributed by atoms with Gasteiger partial charge in [0.15, 0.2) is 0 Å². The summed E-state index contributed by atoms with van der Waals surface area (Å²) in [6.07, 6.45) is 1.18. The van der Waals surface area contributed by atoms with E-state index in [-0.39, 0.29) is 0 Å². The molecule has 2 heterocycles. The van der Waals surface area contributed by atoms with Gasteiger partial charge in [-0.1, -0.05) is 6.92 Å². The van der Waals surface area contributed by atoms with E-state index in [4.69, 9.17) is 0 Å². The lowest BCUT2D eigenvalue weighted by Gasteiger charge is -2.04. The number of aromatic nitrogens is 2. The molecular formula is C16H25N3S. The molecule has 20 heavy (non-hydrogen) atoms. The molecule has 0 saturated heterocycles. The van der Waals surface area contributed by atoms with Crippen molar-refractivity contribution in [1.29, 1.82) is 0 Å². The molecule has 2 aromatic rings. The Balaban J connectivity index is 2.11. The monoisotopic (exact) mass is 291 g/mol. The molecule has 0 radical (unpaired) electrons. The van der Waals surface area contributed by atoms with Gasteiger partial charge >= 0.3 is 0 Å². The average molecular weight is 291 g/mol. The van der Waals surface area contributed by atoms with Crippen LogP contribution in [-0.4, -0.2) is 16.3 Å². The lowest BCUT2D eigenvalue weighted by Crippen LogP contribution is -2.12. The van der Waals surface area contributed by atoms with E-state index >= 15 is 0 Å². The minimum atomic E-state index is 0.886. The molecule has 0 aliphatic carbocycles. The summed E-state index contributed by atoms with van der Waals surface area (Å²) in [5.74, 6) is 0. The van der Waals surface area contributed by atoms with Crippen LogP contribution in [0.5, 0.6) is 0 Å². The van der Waals surface area contributed by atoms with Crippen molar-refractivity contribution < 1.29 is 0 Å². The fraction of sp³-hybridized carbons (Fsp3) is 0.562. The zero-order valence-corrected chi connectivity index (χ0v) is 14.0. The highest BCUT2D eigenvalue weighted by molar-refractivity contribution is 7.12. The molecule has 110 valence electrons. The van der Waals surface area contributed by atoms with Gasteiger partial charge in [-0.25, -0.2) is 0 Å². The smallest absolute Gasteiger partial charge is 0.0673 e. The van der Waals surface area contributed by atoms with E-state index in [0.717, 1.165) is 25.3 Å². The molecule has 3 nitrogen and oxygen atoms in total. The summed E-state index contributed by atoms with van der Waals surface area (Å²) < 4.78 is 2.13. The molecule has 0 atom stereocenters. The summed E-state index contributed by atoms with van der Waals surface area (Å²) in [7, 11) is 0. The number of nitrogens with zero attached hydrogens (tertiary/aromatic N) is 2. The Kier molecular flexibility index (Phi) is 5.00. The fourth-order valence-electron chi connectivity index (χ4n) is 2.32. The second-order valence-electron chi connectivity index (χ2n) is 5.42. The van der Waals surface area contributed by atoms with E-state index in [1.807, 2.05) is 11.3 Å². The Morgan fingerprint density at radius 2 is 2.00 bits per heavy atom. The van der Waals surface area contributed by atoms with E-state index in [2.05, 4.69) is 55.8 Å². The van der Waals surface area contributed by atoms with Gasteiger partial charge in [-0.2, -0.15) is 5.10 Å². The Morgan fingerprint density at radius 1 is 1.25 bits per heavy atom. The van der Waals surface area contributed by atoms with E-state index < -0.39 is 0 Å². The summed E-state index contributed by atoms with van der Waals surface area (Å²) in [4.78, 5) is 2.83. The number of aryl methyl sites for hydroxylation is 2. The Labute approximate surface area is 126 Å². The molecule has 0 bridgehead atoms. The van der Waals surface area contributed by atoms with Crippen LogP contribution in [-0.2, 0) is 13.1 Å². The third kappa shape index (κ3) is 3.30. The molecule has 0 spiro atoms. The fourth-order valence-corrected chi connectivity index (χ4v) is 3.35. The zero-order valence-electron chi connectivity index (χ0n) is 13.2. The molecule has 2 aromatic heterocycles. The maximum atomic E-state index is 4.64. The first kappa shape index (κ1) is 15.3. The summed E-state index contributed by atoms with van der Waals surface area (Å²) in [6, 6.07) is 2.33. The molecule has 0 aliphatic heterocycles. The Hall–Kier alpha value is -1.13. The van der Waals surface area contributed by atoms with Crippen molar-refractivity contribution in [2.24, 2.45) is 0 Å². The van der Waals surface area contributed by atoms with Gasteiger partial charge in [0.2, 0.25) is 0 Å². The van der Waals surface area contributed by atoms with Crippen LogP contribution in [0.1, 0.15) is 45.6 Å². The van der Waals surface area contributed by atoms with Crippen LogP contribution < -0.4 is 5.32 Å². The highest BCUT2D eigenvalue weighted by Crippen LogP contribution is 2.23. The molecule has 0 amide bonds. The first-order chi connectivity index (χ1) is 9.52. The molecule has 0 unspecified atom stereocenters. The second kappa shape index (κ2) is 6.55. The number of thiophene rings is 1. The van der Waals surface area contributed by atoms with Crippen molar-refractivity contribution in [3.63, 3.8) is 0 Å². The van der Waals surface area contributed by atoms with Crippen LogP contribution in [0, 0.1) is 27.7 Å². The number of hydrogen-bond donors (Lipinski definition) is 1. The van der Waals surface area contributed by atoms with E-state index in [1.54, 1.807) is 0 Å². The summed E-state index contributed by atoms with van der Waals surface area (Å²) in [5, 5.41) is 8.10. The van der Waals surface area contributed by atoms with Crippen LogP contribution in [0.25, 0.3) is 0 Å². The Morgan fingerprint density at radius 3 is 2.60 bits per heavy atom. The standard InChI is InChI=1S/C16H25N3S/c1-6-7-17-9-16-8-15(14(5)20-16)10-19-13(4)11(2)12(3)18-19/h8,17H,6-7,9-10H2,1-5H3. The van der Waals surface area contributed by atoms with Crippen molar-refractivity contribution in [2.75, 3.05) is 6.54 Å². The van der Waals surface area contributed by atoms with E-state index in [9.17, 15) is 0 Å². The third-order valence-corrected chi connectivity index (χ3v) is 4.95. The molecule has 4 heteroatoms. The predicted octanol–water partition coefficient (Wildman–Crippen LogP) is 3.73. The highest BCUT2D eigenvalue weighted by Gasteiger charge is 2.11. The highest BCUT2D eigenvalue weighted by atomic mass is 32.1. The summed E-state index contributed by atoms with van der Waals surface area (Å²) in [5.41, 5.74) is 5.12. The van der Waals surface area contributed by atoms with Crippen LogP contribution in [0.2, 0.25) is 0 Å². The summed E-state index contributed by atoms with van der Waals surface area (Å²) in [6.45, 7) is 13.7. The minimum Gasteiger partial charge on any atom is -0.312 e. The Bertz CT molecular complexity index is 581. The zero-order chi connectivity index (χ0) is 14.7. The van der Waals surface area contributed by atoms with Crippen molar-refractivity contribution in [3.8, 4) is 0 Å². The van der Waals surface area contributed by atoms with Gasteiger partial charge in [0.25, 0.3) is 0 Å². The predicted molar refractivity (Wildman–Crippen MR) is 86.6 cm³/mol. The van der Waals surface area contributed by atoms with E-state index in [0.29, 0.717) is 0 Å². The first-order valence-corrected chi connectivity index (χ1v) is 8.14. The number of rotatable bonds is 6. The van der Waals surface area contributed by atoms with Gasteiger partial charge in [-0.15, -0.1) is 11.3 Å². The minimum absolute atomic E-state index is 0.886. The number of nitrogens with one attached hydrogen (secondary N) is 1. The first-order valence-electron chi connectivity index (χ1n) is 7.32. The van der Waals surface area contributed by atoms with Crippen LogP contribution in [0.15, 0.2) is 6.07 Å². The second-order valence-corrected chi connectivity index (χ2v) is 6.77. The van der Waals surface area contributed by atoms with Crippen LogP contribution >= 0.6 is 11.3 Å². The van der Waals surface area contributed by atoms with Crippen molar-refractivity contribution in [2.45, 2.75) is 54.1 Å². The SMILES string of the molecule is CCCNCc1cc(Cn2nc(C)c(C)c2C)c(C)s1. The van der Waals surface area contributed by atoms with E-state index in [1.165, 1.54) is 33.0 Å². The third-order valence-electron chi connectivity index (χ3n) is 3.86. The van der Waals surface area contributed by atoms with Crippen LogP contribution in [0.3, 0.4) is 0 Å². The summed E-state index contributed by atoms with van der Waals surface area (Å²) >= 11 is 1.90. The van der Waals surface area contributed by atoms with Gasteiger partial charge in [-0.3, -0.25) is 4.68 Å². The molecule has 1 N–H and O–H groups in total. The largest absolute Gasteiger partial charge is 0.312 e. The normalized spacial score (nSPS) is 11.2. The van der Waals surface area contributed by atoms with Crippen molar-refractivity contribution in [1.82, 2.24) is 15.1 Å². The molecule has 0 aliphatic rings. The average Bonchev–Trinajstić information content (AvgIpc) is 2.87. The maximum absolute atomic E-state index is 4.64. The molecule has 0 aromatic carbocycles. The molecular weight excluding hydrogens is 266 g/mol. The topological polar surface area (TPSA) is 29.9 Å². The van der Waals surface area contributed by atoms with Gasteiger partial charge in [0, 0.05) is 22.0 Å². The number of hydrogen-bond acceptors (Lipinski definition) is 3.